The molecule has 2 aromatic carbocycles. The summed E-state index contributed by atoms with van der Waals surface area (Å²) in [6.07, 6.45) is 0. The van der Waals surface area contributed by atoms with Gasteiger partial charge in [0.2, 0.25) is 11.8 Å². The summed E-state index contributed by atoms with van der Waals surface area (Å²) in [6, 6.07) is 18.4. The molecule has 0 saturated carbocycles. The van der Waals surface area contributed by atoms with Crippen LogP contribution in [0.2, 0.25) is 0 Å². The minimum Gasteiger partial charge on any atom is -0.326 e. The largest absolute Gasteiger partial charge is 0.326 e. The van der Waals surface area contributed by atoms with Gasteiger partial charge in [0.1, 0.15) is 17.2 Å². The van der Waals surface area contributed by atoms with Crippen molar-refractivity contribution in [1.82, 2.24) is 9.55 Å². The van der Waals surface area contributed by atoms with Gasteiger partial charge >= 0.3 is 0 Å². The summed E-state index contributed by atoms with van der Waals surface area (Å²) < 4.78 is 1.38. The molecule has 0 atom stereocenters. The highest BCUT2D eigenvalue weighted by molar-refractivity contribution is 7.21. The van der Waals surface area contributed by atoms with E-state index in [4.69, 9.17) is 0 Å². The van der Waals surface area contributed by atoms with Gasteiger partial charge in [0.15, 0.2) is 0 Å². The molecule has 0 aliphatic heterocycles. The summed E-state index contributed by atoms with van der Waals surface area (Å²) >= 11 is 1.46. The second-order valence-corrected chi connectivity index (χ2v) is 8.08. The number of fused-ring (bicyclic) bond motifs is 1. The van der Waals surface area contributed by atoms with Crippen LogP contribution < -0.4 is 16.2 Å². The van der Waals surface area contributed by atoms with Crippen molar-refractivity contribution >= 4 is 44.7 Å². The molecule has 31 heavy (non-hydrogen) atoms. The molecule has 2 aromatic heterocycles. The van der Waals surface area contributed by atoms with Crippen molar-refractivity contribution in [1.29, 1.82) is 0 Å². The number of hydrogen-bond acceptors (Lipinski definition) is 5. The topological polar surface area (TPSA) is 93.1 Å². The molecule has 7 nitrogen and oxygen atoms in total. The number of thiophene rings is 1. The highest BCUT2D eigenvalue weighted by Gasteiger charge is 2.15. The Bertz CT molecular complexity index is 1320. The average Bonchev–Trinajstić information content (AvgIpc) is 3.17. The number of hydrogen-bond donors (Lipinski definition) is 2. The maximum Gasteiger partial charge on any atom is 0.262 e. The van der Waals surface area contributed by atoms with Crippen molar-refractivity contribution in [3.8, 4) is 10.4 Å². The van der Waals surface area contributed by atoms with Crippen LogP contribution in [0, 0.1) is 6.92 Å². The number of benzene rings is 2. The lowest BCUT2D eigenvalue weighted by molar-refractivity contribution is -0.117. The van der Waals surface area contributed by atoms with Gasteiger partial charge in [0, 0.05) is 23.2 Å². The summed E-state index contributed by atoms with van der Waals surface area (Å²) in [4.78, 5) is 42.8. The highest BCUT2D eigenvalue weighted by Crippen LogP contribution is 2.30. The van der Waals surface area contributed by atoms with Crippen molar-refractivity contribution < 1.29 is 9.59 Å². The maximum absolute atomic E-state index is 13.0. The number of aryl methyl sites for hydroxylation is 1. The van der Waals surface area contributed by atoms with Gasteiger partial charge in [-0.2, -0.15) is 0 Å². The normalized spacial score (nSPS) is 10.8. The van der Waals surface area contributed by atoms with Crippen LogP contribution in [0.4, 0.5) is 11.4 Å². The third-order valence-corrected chi connectivity index (χ3v) is 5.77. The van der Waals surface area contributed by atoms with E-state index < -0.39 is 0 Å². The van der Waals surface area contributed by atoms with Crippen LogP contribution in [0.15, 0.2) is 65.5 Å². The van der Waals surface area contributed by atoms with E-state index in [9.17, 15) is 14.4 Å². The highest BCUT2D eigenvalue weighted by atomic mass is 32.1. The first-order valence-electron chi connectivity index (χ1n) is 9.64. The number of amides is 2. The number of anilines is 2. The summed E-state index contributed by atoms with van der Waals surface area (Å²) in [5, 5.41) is 5.94. The lowest BCUT2D eigenvalue weighted by Gasteiger charge is -2.10. The van der Waals surface area contributed by atoms with Crippen LogP contribution in [0.25, 0.3) is 20.7 Å². The molecule has 0 spiro atoms. The van der Waals surface area contributed by atoms with Crippen LogP contribution in [0.3, 0.4) is 0 Å². The second kappa shape index (κ2) is 8.53. The number of carbonyl (C=O) groups is 2. The molecule has 0 unspecified atom stereocenters. The average molecular weight is 433 g/mol. The summed E-state index contributed by atoms with van der Waals surface area (Å²) in [5.74, 6) is -0.0226. The Labute approximate surface area is 182 Å². The van der Waals surface area contributed by atoms with Gasteiger partial charge in [-0.05, 0) is 42.8 Å². The van der Waals surface area contributed by atoms with Crippen LogP contribution >= 0.6 is 11.3 Å². The Hall–Kier alpha value is -3.78. The van der Waals surface area contributed by atoms with E-state index in [1.54, 1.807) is 31.2 Å². The van der Waals surface area contributed by atoms with E-state index in [1.807, 2.05) is 36.4 Å². The fraction of sp³-hybridized carbons (Fsp3) is 0.130. The molecule has 156 valence electrons. The Morgan fingerprint density at radius 3 is 2.29 bits per heavy atom. The molecule has 2 amide bonds. The molecule has 2 heterocycles. The third kappa shape index (κ3) is 4.54. The maximum atomic E-state index is 13.0. The molecule has 0 radical (unpaired) electrons. The first-order valence-corrected chi connectivity index (χ1v) is 10.5. The van der Waals surface area contributed by atoms with E-state index in [2.05, 4.69) is 15.6 Å². The van der Waals surface area contributed by atoms with Gasteiger partial charge in [0.05, 0.1) is 5.39 Å². The smallest absolute Gasteiger partial charge is 0.262 e. The fourth-order valence-electron chi connectivity index (χ4n) is 3.23. The van der Waals surface area contributed by atoms with Crippen LogP contribution in [-0.2, 0) is 16.1 Å². The van der Waals surface area contributed by atoms with Crippen molar-refractivity contribution in [3.05, 3.63) is 76.8 Å². The molecule has 0 aliphatic rings. The monoisotopic (exact) mass is 432 g/mol. The predicted molar refractivity (Wildman–Crippen MR) is 123 cm³/mol. The van der Waals surface area contributed by atoms with E-state index in [1.165, 1.54) is 22.8 Å². The fourth-order valence-corrected chi connectivity index (χ4v) is 4.31. The van der Waals surface area contributed by atoms with Gasteiger partial charge in [-0.3, -0.25) is 19.0 Å². The van der Waals surface area contributed by atoms with Crippen LogP contribution in [0.1, 0.15) is 12.7 Å². The zero-order chi connectivity index (χ0) is 22.0. The van der Waals surface area contributed by atoms with Crippen molar-refractivity contribution in [2.45, 2.75) is 20.4 Å². The Morgan fingerprint density at radius 2 is 1.65 bits per heavy atom. The van der Waals surface area contributed by atoms with Crippen LogP contribution in [0.5, 0.6) is 0 Å². The zero-order valence-electron chi connectivity index (χ0n) is 17.0. The van der Waals surface area contributed by atoms with E-state index in [0.29, 0.717) is 27.4 Å². The minimum atomic E-state index is -0.336. The van der Waals surface area contributed by atoms with Crippen molar-refractivity contribution in [3.63, 3.8) is 0 Å². The molecule has 2 N–H and O–H groups in total. The number of rotatable bonds is 5. The quantitative estimate of drug-likeness (QED) is 0.498. The van der Waals surface area contributed by atoms with Gasteiger partial charge in [-0.1, -0.05) is 30.3 Å². The molecular formula is C23H20N4O3S. The zero-order valence-corrected chi connectivity index (χ0v) is 17.8. The van der Waals surface area contributed by atoms with Gasteiger partial charge in [-0.15, -0.1) is 11.3 Å². The molecule has 0 saturated heterocycles. The first kappa shape index (κ1) is 20.5. The van der Waals surface area contributed by atoms with E-state index in [-0.39, 0.29) is 23.9 Å². The molecule has 8 heteroatoms. The Morgan fingerprint density at radius 1 is 1.00 bits per heavy atom. The lowest BCUT2D eigenvalue weighted by Crippen LogP contribution is -2.29. The predicted octanol–water partition coefficient (Wildman–Crippen LogP) is 4.03. The Kier molecular flexibility index (Phi) is 5.64. The second-order valence-electron chi connectivity index (χ2n) is 7.05. The number of nitrogens with one attached hydrogen (secondary N) is 2. The lowest BCUT2D eigenvalue weighted by atomic mass is 10.2. The molecule has 0 aliphatic carbocycles. The number of carbonyl (C=O) groups excluding carboxylic acids is 2. The van der Waals surface area contributed by atoms with Crippen molar-refractivity contribution in [2.75, 3.05) is 10.6 Å². The minimum absolute atomic E-state index is 0.141. The standard InChI is InChI=1S/C23H20N4O3S/c1-14-24-22-19(12-20(31-22)16-6-4-3-5-7-16)23(30)27(14)13-21(29)26-18-10-8-17(9-11-18)25-15(2)28/h3-12H,13H2,1-2H3,(H,25,28)(H,26,29). The molecule has 4 aromatic rings. The van der Waals surface area contributed by atoms with Gasteiger partial charge in [0.25, 0.3) is 5.56 Å². The molecule has 4 rings (SSSR count). The van der Waals surface area contributed by atoms with Crippen LogP contribution in [-0.4, -0.2) is 21.4 Å². The van der Waals surface area contributed by atoms with Gasteiger partial charge < -0.3 is 10.6 Å². The third-order valence-electron chi connectivity index (χ3n) is 4.69. The first-order chi connectivity index (χ1) is 14.9. The molecule has 0 fully saturated rings. The number of nitrogens with zero attached hydrogens (tertiary/aromatic N) is 2. The SMILES string of the molecule is CC(=O)Nc1ccc(NC(=O)Cn2c(C)nc3sc(-c4ccccc4)cc3c2=O)cc1. The van der Waals surface area contributed by atoms with E-state index >= 15 is 0 Å². The molecule has 0 bridgehead atoms. The van der Waals surface area contributed by atoms with E-state index in [0.717, 1.165) is 10.4 Å². The van der Waals surface area contributed by atoms with Crippen molar-refractivity contribution in [2.24, 2.45) is 0 Å². The number of aromatic nitrogens is 2. The Balaban J connectivity index is 1.55. The summed E-state index contributed by atoms with van der Waals surface area (Å²) in [5.41, 5.74) is 1.99. The van der Waals surface area contributed by atoms with Gasteiger partial charge in [-0.25, -0.2) is 4.98 Å². The molecular weight excluding hydrogens is 412 g/mol. The summed E-state index contributed by atoms with van der Waals surface area (Å²) in [7, 11) is 0. The summed E-state index contributed by atoms with van der Waals surface area (Å²) in [6.45, 7) is 3.01.